The van der Waals surface area contributed by atoms with Gasteiger partial charge < -0.3 is 15.2 Å². The Balaban J connectivity index is 2.89. The summed E-state index contributed by atoms with van der Waals surface area (Å²) < 4.78 is 18.2. The van der Waals surface area contributed by atoms with Crippen LogP contribution in [-0.2, 0) is 9.59 Å². The Morgan fingerprint density at radius 1 is 1.50 bits per heavy atom. The summed E-state index contributed by atoms with van der Waals surface area (Å²) >= 11 is 0. The van der Waals surface area contributed by atoms with Gasteiger partial charge in [-0.2, -0.15) is 0 Å². The zero-order chi connectivity index (χ0) is 13.5. The molecule has 6 heteroatoms. The minimum Gasteiger partial charge on any atom is -0.483 e. The van der Waals surface area contributed by atoms with Crippen molar-refractivity contribution in [3.05, 3.63) is 35.7 Å². The second-order valence-corrected chi connectivity index (χ2v) is 3.32. The summed E-state index contributed by atoms with van der Waals surface area (Å²) in [6, 6.07) is 3.62. The number of hydrogen-bond donors (Lipinski definition) is 2. The van der Waals surface area contributed by atoms with E-state index < -0.39 is 11.8 Å². The van der Waals surface area contributed by atoms with Crippen LogP contribution >= 0.6 is 0 Å². The highest BCUT2D eigenvalue weighted by molar-refractivity contribution is 5.86. The molecule has 0 heterocycles. The van der Waals surface area contributed by atoms with E-state index in [0.29, 0.717) is 0 Å². The molecule has 18 heavy (non-hydrogen) atoms. The standard InChI is InChI=1S/C12H12FNO4/c1-14-11(15)7-18-10-4-3-9(13)6-8(10)2-5-12(16)17/h2-6H,7H2,1H3,(H,14,15)(H,16,17)/b5-2+. The Hall–Kier alpha value is -2.37. The average Bonchev–Trinajstić information content (AvgIpc) is 2.34. The molecule has 0 aliphatic rings. The van der Waals surface area contributed by atoms with E-state index in [4.69, 9.17) is 9.84 Å². The molecule has 0 aliphatic heterocycles. The maximum Gasteiger partial charge on any atom is 0.328 e. The fourth-order valence-corrected chi connectivity index (χ4v) is 1.16. The summed E-state index contributed by atoms with van der Waals surface area (Å²) in [4.78, 5) is 21.4. The predicted octanol–water partition coefficient (Wildman–Crippen LogP) is 1.05. The molecule has 0 saturated carbocycles. The number of amides is 1. The van der Waals surface area contributed by atoms with Gasteiger partial charge in [-0.05, 0) is 24.3 Å². The topological polar surface area (TPSA) is 75.6 Å². The summed E-state index contributed by atoms with van der Waals surface area (Å²) in [7, 11) is 1.46. The second-order valence-electron chi connectivity index (χ2n) is 3.32. The van der Waals surface area contributed by atoms with Gasteiger partial charge in [0.1, 0.15) is 11.6 Å². The van der Waals surface area contributed by atoms with Crippen LogP contribution in [0.2, 0.25) is 0 Å². The largest absolute Gasteiger partial charge is 0.483 e. The van der Waals surface area contributed by atoms with Gasteiger partial charge in [0.15, 0.2) is 6.61 Å². The number of carbonyl (C=O) groups is 2. The van der Waals surface area contributed by atoms with Crippen molar-refractivity contribution in [1.29, 1.82) is 0 Å². The third-order valence-electron chi connectivity index (χ3n) is 2.01. The molecule has 0 saturated heterocycles. The normalized spacial score (nSPS) is 10.3. The van der Waals surface area contributed by atoms with E-state index in [-0.39, 0.29) is 23.8 Å². The summed E-state index contributed by atoms with van der Waals surface area (Å²) in [6.07, 6.45) is 2.06. The van der Waals surface area contributed by atoms with Gasteiger partial charge >= 0.3 is 5.97 Å². The first-order valence-electron chi connectivity index (χ1n) is 5.07. The molecule has 1 aromatic carbocycles. The molecule has 0 spiro atoms. The maximum absolute atomic E-state index is 13.0. The highest BCUT2D eigenvalue weighted by Gasteiger charge is 2.06. The lowest BCUT2D eigenvalue weighted by atomic mass is 10.2. The molecule has 0 aromatic heterocycles. The van der Waals surface area contributed by atoms with Gasteiger partial charge in [0.05, 0.1) is 0 Å². The van der Waals surface area contributed by atoms with Crippen LogP contribution in [0.25, 0.3) is 6.08 Å². The first kappa shape index (κ1) is 13.7. The van der Waals surface area contributed by atoms with Gasteiger partial charge in [0.2, 0.25) is 0 Å². The molecule has 1 aromatic rings. The fourth-order valence-electron chi connectivity index (χ4n) is 1.16. The summed E-state index contributed by atoms with van der Waals surface area (Å²) in [5.74, 6) is -1.78. The van der Waals surface area contributed by atoms with E-state index in [1.807, 2.05) is 0 Å². The van der Waals surface area contributed by atoms with Crippen LogP contribution < -0.4 is 10.1 Å². The maximum atomic E-state index is 13.0. The van der Waals surface area contributed by atoms with E-state index in [0.717, 1.165) is 18.2 Å². The second kappa shape index (κ2) is 6.39. The Labute approximate surface area is 103 Å². The lowest BCUT2D eigenvalue weighted by Crippen LogP contribution is -2.25. The smallest absolute Gasteiger partial charge is 0.328 e. The van der Waals surface area contributed by atoms with Crippen molar-refractivity contribution in [3.63, 3.8) is 0 Å². The number of halogens is 1. The molecular formula is C12H12FNO4. The number of nitrogens with one attached hydrogen (secondary N) is 1. The molecule has 5 nitrogen and oxygen atoms in total. The molecule has 0 unspecified atom stereocenters. The van der Waals surface area contributed by atoms with Crippen LogP contribution in [0, 0.1) is 5.82 Å². The van der Waals surface area contributed by atoms with Crippen LogP contribution in [0.4, 0.5) is 4.39 Å². The Kier molecular flexibility index (Phi) is 4.86. The van der Waals surface area contributed by atoms with E-state index in [1.165, 1.54) is 19.2 Å². The van der Waals surface area contributed by atoms with Gasteiger partial charge in [-0.1, -0.05) is 0 Å². The number of carboxylic acid groups (broad SMARTS) is 1. The molecule has 96 valence electrons. The van der Waals surface area contributed by atoms with E-state index >= 15 is 0 Å². The predicted molar refractivity (Wildman–Crippen MR) is 62.6 cm³/mol. The van der Waals surface area contributed by atoms with Crippen LogP contribution in [0.5, 0.6) is 5.75 Å². The van der Waals surface area contributed by atoms with Crippen LogP contribution in [0.1, 0.15) is 5.56 Å². The van der Waals surface area contributed by atoms with Crippen LogP contribution in [0.15, 0.2) is 24.3 Å². The highest BCUT2D eigenvalue weighted by atomic mass is 19.1. The number of rotatable bonds is 5. The van der Waals surface area contributed by atoms with Gasteiger partial charge in [-0.15, -0.1) is 0 Å². The minimum absolute atomic E-state index is 0.226. The van der Waals surface area contributed by atoms with Crippen molar-refractivity contribution in [1.82, 2.24) is 5.32 Å². The Bertz CT molecular complexity index is 485. The lowest BCUT2D eigenvalue weighted by molar-refractivity contribution is -0.131. The summed E-state index contributed by atoms with van der Waals surface area (Å²) in [5, 5.41) is 10.9. The molecule has 0 bridgehead atoms. The average molecular weight is 253 g/mol. The van der Waals surface area contributed by atoms with Crippen molar-refractivity contribution in [3.8, 4) is 5.75 Å². The quantitative estimate of drug-likeness (QED) is 0.769. The van der Waals surface area contributed by atoms with Gasteiger partial charge in [0, 0.05) is 18.7 Å². The summed E-state index contributed by atoms with van der Waals surface area (Å²) in [6.45, 7) is -0.226. The third-order valence-corrected chi connectivity index (χ3v) is 2.01. The molecule has 1 amide bonds. The first-order chi connectivity index (χ1) is 8.52. The molecule has 0 fully saturated rings. The molecule has 0 radical (unpaired) electrons. The highest BCUT2D eigenvalue weighted by Crippen LogP contribution is 2.21. The van der Waals surface area contributed by atoms with E-state index in [1.54, 1.807) is 0 Å². The molecule has 2 N–H and O–H groups in total. The van der Waals surface area contributed by atoms with Gasteiger partial charge in [-0.3, -0.25) is 4.79 Å². The Morgan fingerprint density at radius 3 is 2.83 bits per heavy atom. The number of hydrogen-bond acceptors (Lipinski definition) is 3. The molecular weight excluding hydrogens is 241 g/mol. The fraction of sp³-hybridized carbons (Fsp3) is 0.167. The number of carboxylic acids is 1. The minimum atomic E-state index is -1.16. The molecule has 0 aliphatic carbocycles. The van der Waals surface area contributed by atoms with Gasteiger partial charge in [0.25, 0.3) is 5.91 Å². The lowest BCUT2D eigenvalue weighted by Gasteiger charge is -2.08. The number of benzene rings is 1. The Morgan fingerprint density at radius 2 is 2.22 bits per heavy atom. The summed E-state index contributed by atoms with van der Waals surface area (Å²) in [5.41, 5.74) is 0.251. The third kappa shape index (κ3) is 4.25. The van der Waals surface area contributed by atoms with Crippen LogP contribution in [-0.4, -0.2) is 30.6 Å². The van der Waals surface area contributed by atoms with Gasteiger partial charge in [-0.25, -0.2) is 9.18 Å². The monoisotopic (exact) mass is 253 g/mol. The molecule has 1 rings (SSSR count). The zero-order valence-corrected chi connectivity index (χ0v) is 9.64. The SMILES string of the molecule is CNC(=O)COc1ccc(F)cc1/C=C/C(=O)O. The van der Waals surface area contributed by atoms with E-state index in [2.05, 4.69) is 5.32 Å². The zero-order valence-electron chi connectivity index (χ0n) is 9.64. The van der Waals surface area contributed by atoms with E-state index in [9.17, 15) is 14.0 Å². The van der Waals surface area contributed by atoms with Crippen molar-refractivity contribution < 1.29 is 23.8 Å². The molecule has 0 atom stereocenters. The van der Waals surface area contributed by atoms with Crippen molar-refractivity contribution in [2.24, 2.45) is 0 Å². The first-order valence-corrected chi connectivity index (χ1v) is 5.07. The van der Waals surface area contributed by atoms with Crippen molar-refractivity contribution in [2.75, 3.05) is 13.7 Å². The van der Waals surface area contributed by atoms with Crippen molar-refractivity contribution in [2.45, 2.75) is 0 Å². The number of likely N-dealkylation sites (N-methyl/N-ethyl adjacent to an activating group) is 1. The number of aliphatic carboxylic acids is 1. The number of carbonyl (C=O) groups excluding carboxylic acids is 1. The van der Waals surface area contributed by atoms with Crippen LogP contribution in [0.3, 0.4) is 0 Å². The number of ether oxygens (including phenoxy) is 1. The van der Waals surface area contributed by atoms with Crippen molar-refractivity contribution >= 4 is 18.0 Å².